The molecule has 0 fully saturated rings. The van der Waals surface area contributed by atoms with Crippen molar-refractivity contribution in [3.63, 3.8) is 0 Å². The van der Waals surface area contributed by atoms with E-state index >= 15 is 0 Å². The summed E-state index contributed by atoms with van der Waals surface area (Å²) < 4.78 is 5.64. The summed E-state index contributed by atoms with van der Waals surface area (Å²) in [5, 5.41) is 3.14. The average Bonchev–Trinajstić information content (AvgIpc) is 2.61. The van der Waals surface area contributed by atoms with E-state index in [2.05, 4.69) is 15.0 Å². The third-order valence-corrected chi connectivity index (χ3v) is 5.48. The predicted octanol–water partition coefficient (Wildman–Crippen LogP) is 4.03. The van der Waals surface area contributed by atoms with E-state index in [9.17, 15) is 4.79 Å². The third-order valence-electron chi connectivity index (χ3n) is 4.34. The smallest absolute Gasteiger partial charge is 0.224 e. The first-order valence-corrected chi connectivity index (χ1v) is 9.84. The van der Waals surface area contributed by atoms with Gasteiger partial charge in [0.2, 0.25) is 5.95 Å². The van der Waals surface area contributed by atoms with Gasteiger partial charge in [0, 0.05) is 17.7 Å². The molecule has 2 N–H and O–H groups in total. The highest BCUT2D eigenvalue weighted by Crippen LogP contribution is 2.39. The van der Waals surface area contributed by atoms with Crippen LogP contribution in [0.5, 0.6) is 0 Å². The zero-order valence-electron chi connectivity index (χ0n) is 14.7. The van der Waals surface area contributed by atoms with Gasteiger partial charge in [-0.1, -0.05) is 41.6 Å². The summed E-state index contributed by atoms with van der Waals surface area (Å²) in [7, 11) is 0. The Labute approximate surface area is 165 Å². The summed E-state index contributed by atoms with van der Waals surface area (Å²) in [5.74, 6) is 1.28. The van der Waals surface area contributed by atoms with Crippen LogP contribution in [-0.4, -0.2) is 26.5 Å². The lowest BCUT2D eigenvalue weighted by Crippen LogP contribution is -2.07. The summed E-state index contributed by atoms with van der Waals surface area (Å²) >= 11 is 7.98. The molecule has 0 saturated carbocycles. The van der Waals surface area contributed by atoms with E-state index in [0.29, 0.717) is 41.4 Å². The number of benzene rings is 2. The molecular weight excluding hydrogens is 384 g/mol. The minimum atomic E-state index is 0.124. The monoisotopic (exact) mass is 400 g/mol. The fourth-order valence-electron chi connectivity index (χ4n) is 3.18. The largest absolute Gasteiger partial charge is 0.372 e. The SMILES string of the molecule is CC(=O)CCSc1nc(N)nc(-c2c(Cl)cc3c4c(cccc24)COC3)n1. The standard InChI is InChI=1S/C19H17ClN4O2S/c1-10(25)5-6-27-19-23-17(22-18(21)24-19)16-13-4-2-3-11-8-26-9-12(15(11)13)7-14(16)20/h2-4,7H,5-6,8-9H2,1H3,(H2,21,22,23,24). The number of carbonyl (C=O) groups is 1. The number of nitrogens with two attached hydrogens (primary N) is 1. The van der Waals surface area contributed by atoms with Crippen molar-refractivity contribution in [2.45, 2.75) is 31.7 Å². The van der Waals surface area contributed by atoms with E-state index < -0.39 is 0 Å². The Morgan fingerprint density at radius 1 is 1.26 bits per heavy atom. The van der Waals surface area contributed by atoms with Crippen LogP contribution in [0.3, 0.4) is 0 Å². The molecule has 27 heavy (non-hydrogen) atoms. The van der Waals surface area contributed by atoms with E-state index in [1.807, 2.05) is 24.3 Å². The van der Waals surface area contributed by atoms with Crippen molar-refractivity contribution >= 4 is 45.9 Å². The Morgan fingerprint density at radius 3 is 2.89 bits per heavy atom. The molecule has 138 valence electrons. The number of halogens is 1. The second-order valence-electron chi connectivity index (χ2n) is 6.33. The highest BCUT2D eigenvalue weighted by atomic mass is 35.5. The number of nitrogens with zero attached hydrogens (tertiary/aromatic N) is 3. The van der Waals surface area contributed by atoms with Crippen molar-refractivity contribution in [3.05, 3.63) is 40.4 Å². The molecule has 2 aromatic carbocycles. The minimum Gasteiger partial charge on any atom is -0.372 e. The number of carbonyl (C=O) groups excluding carboxylic acids is 1. The highest BCUT2D eigenvalue weighted by Gasteiger charge is 2.20. The van der Waals surface area contributed by atoms with E-state index in [1.54, 1.807) is 6.92 Å². The molecule has 4 rings (SSSR count). The predicted molar refractivity (Wildman–Crippen MR) is 107 cm³/mol. The van der Waals surface area contributed by atoms with Crippen molar-refractivity contribution in [2.75, 3.05) is 11.5 Å². The van der Waals surface area contributed by atoms with Gasteiger partial charge in [0.25, 0.3) is 0 Å². The van der Waals surface area contributed by atoms with Gasteiger partial charge < -0.3 is 10.5 Å². The molecule has 0 saturated heterocycles. The lowest BCUT2D eigenvalue weighted by Gasteiger charge is -2.20. The topological polar surface area (TPSA) is 91.0 Å². The molecule has 6 nitrogen and oxygen atoms in total. The maximum atomic E-state index is 11.2. The van der Waals surface area contributed by atoms with Gasteiger partial charge in [0.15, 0.2) is 11.0 Å². The average molecular weight is 401 g/mol. The van der Waals surface area contributed by atoms with Crippen molar-refractivity contribution < 1.29 is 9.53 Å². The van der Waals surface area contributed by atoms with Crippen LogP contribution in [0, 0.1) is 0 Å². The molecule has 1 aliphatic heterocycles. The summed E-state index contributed by atoms with van der Waals surface area (Å²) in [5.41, 5.74) is 8.82. The number of ether oxygens (including phenoxy) is 1. The number of aromatic nitrogens is 3. The number of Topliss-reactive ketones (excluding diaryl/α,β-unsaturated/α-hetero) is 1. The molecular formula is C19H17ClN4O2S. The quantitative estimate of drug-likeness (QED) is 0.646. The van der Waals surface area contributed by atoms with Crippen LogP contribution < -0.4 is 5.73 Å². The zero-order valence-corrected chi connectivity index (χ0v) is 16.2. The van der Waals surface area contributed by atoms with E-state index in [1.165, 1.54) is 11.8 Å². The van der Waals surface area contributed by atoms with Gasteiger partial charge in [0.05, 0.1) is 18.2 Å². The molecule has 0 radical (unpaired) electrons. The van der Waals surface area contributed by atoms with Gasteiger partial charge in [-0.25, -0.2) is 4.98 Å². The van der Waals surface area contributed by atoms with E-state index in [4.69, 9.17) is 22.1 Å². The Bertz CT molecular complexity index is 1060. The van der Waals surface area contributed by atoms with Crippen LogP contribution in [0.25, 0.3) is 22.2 Å². The van der Waals surface area contributed by atoms with Gasteiger partial charge in [-0.05, 0) is 34.9 Å². The van der Waals surface area contributed by atoms with Gasteiger partial charge in [-0.2, -0.15) is 9.97 Å². The first-order chi connectivity index (χ1) is 13.0. The lowest BCUT2D eigenvalue weighted by molar-refractivity contribution is -0.116. The Balaban J connectivity index is 1.83. The molecule has 0 amide bonds. The second-order valence-corrected chi connectivity index (χ2v) is 7.79. The lowest BCUT2D eigenvalue weighted by atomic mass is 9.94. The summed E-state index contributed by atoms with van der Waals surface area (Å²) in [6.07, 6.45) is 0.452. The molecule has 0 unspecified atom stereocenters. The van der Waals surface area contributed by atoms with E-state index in [0.717, 1.165) is 27.5 Å². The van der Waals surface area contributed by atoms with Crippen LogP contribution in [0.15, 0.2) is 29.4 Å². The molecule has 1 aromatic heterocycles. The Hall–Kier alpha value is -2.22. The van der Waals surface area contributed by atoms with Gasteiger partial charge in [0.1, 0.15) is 5.78 Å². The van der Waals surface area contributed by atoms with Gasteiger partial charge >= 0.3 is 0 Å². The maximum absolute atomic E-state index is 11.2. The Kier molecular flexibility index (Phi) is 4.99. The van der Waals surface area contributed by atoms with Crippen molar-refractivity contribution in [3.8, 4) is 11.4 Å². The van der Waals surface area contributed by atoms with Gasteiger partial charge in [-0.3, -0.25) is 4.79 Å². The fourth-order valence-corrected chi connectivity index (χ4v) is 4.38. The van der Waals surface area contributed by atoms with Crippen LogP contribution in [0.4, 0.5) is 5.95 Å². The third kappa shape index (κ3) is 3.63. The number of hydrogen-bond donors (Lipinski definition) is 1. The molecule has 3 aromatic rings. The Morgan fingerprint density at radius 2 is 2.07 bits per heavy atom. The number of nitrogen functional groups attached to an aromatic ring is 1. The highest BCUT2D eigenvalue weighted by molar-refractivity contribution is 7.99. The summed E-state index contributed by atoms with van der Waals surface area (Å²) in [6, 6.07) is 7.94. The first kappa shape index (κ1) is 18.2. The molecule has 0 atom stereocenters. The number of rotatable bonds is 5. The van der Waals surface area contributed by atoms with Crippen LogP contribution >= 0.6 is 23.4 Å². The van der Waals surface area contributed by atoms with Crippen molar-refractivity contribution in [1.82, 2.24) is 15.0 Å². The van der Waals surface area contributed by atoms with Crippen molar-refractivity contribution in [1.29, 1.82) is 0 Å². The van der Waals surface area contributed by atoms with Gasteiger partial charge in [-0.15, -0.1) is 0 Å². The first-order valence-electron chi connectivity index (χ1n) is 8.48. The minimum absolute atomic E-state index is 0.124. The normalized spacial score (nSPS) is 13.1. The van der Waals surface area contributed by atoms with Crippen LogP contribution in [0.1, 0.15) is 24.5 Å². The molecule has 0 aliphatic carbocycles. The zero-order chi connectivity index (χ0) is 19.0. The molecule has 1 aliphatic rings. The van der Waals surface area contributed by atoms with E-state index in [-0.39, 0.29) is 11.7 Å². The maximum Gasteiger partial charge on any atom is 0.224 e. The number of thioether (sulfide) groups is 1. The summed E-state index contributed by atoms with van der Waals surface area (Å²) in [6.45, 7) is 2.66. The summed E-state index contributed by atoms with van der Waals surface area (Å²) in [4.78, 5) is 24.2. The van der Waals surface area contributed by atoms with Crippen LogP contribution in [0.2, 0.25) is 5.02 Å². The van der Waals surface area contributed by atoms with Crippen molar-refractivity contribution in [2.24, 2.45) is 0 Å². The molecule has 0 bridgehead atoms. The number of ketones is 1. The fraction of sp³-hybridized carbons (Fsp3) is 0.263. The van der Waals surface area contributed by atoms with Crippen LogP contribution in [-0.2, 0) is 22.7 Å². The molecule has 2 heterocycles. The molecule has 8 heteroatoms. The molecule has 0 spiro atoms. The number of hydrogen-bond acceptors (Lipinski definition) is 7. The number of anilines is 1. The second kappa shape index (κ2) is 7.42.